The lowest BCUT2D eigenvalue weighted by Crippen LogP contribution is -2.38. The van der Waals surface area contributed by atoms with Crippen LogP contribution in [0, 0.1) is 0 Å². The number of benzene rings is 1. The summed E-state index contributed by atoms with van der Waals surface area (Å²) in [5.74, 6) is 0.439. The second-order valence-corrected chi connectivity index (χ2v) is 3.79. The van der Waals surface area contributed by atoms with Gasteiger partial charge in [-0.2, -0.15) is 0 Å². The molecule has 0 bridgehead atoms. The van der Waals surface area contributed by atoms with Crippen LogP contribution in [0.3, 0.4) is 0 Å². The van der Waals surface area contributed by atoms with Crippen LogP contribution >= 0.6 is 0 Å². The molecule has 90 valence electrons. The number of carbonyl (C=O) groups is 2. The summed E-state index contributed by atoms with van der Waals surface area (Å²) >= 11 is 0. The molecule has 2 amide bonds. The van der Waals surface area contributed by atoms with Gasteiger partial charge in [0.15, 0.2) is 6.61 Å². The van der Waals surface area contributed by atoms with Gasteiger partial charge in [0.25, 0.3) is 5.91 Å². The van der Waals surface area contributed by atoms with Crippen molar-refractivity contribution in [2.24, 2.45) is 0 Å². The van der Waals surface area contributed by atoms with Crippen LogP contribution in [-0.2, 0) is 9.59 Å². The van der Waals surface area contributed by atoms with E-state index < -0.39 is 0 Å². The molecule has 1 aliphatic rings. The Hall–Kier alpha value is -2.04. The number of hydrogen-bond donors (Lipinski definition) is 1. The van der Waals surface area contributed by atoms with E-state index in [1.807, 2.05) is 6.92 Å². The number of ether oxygens (including phenoxy) is 1. The van der Waals surface area contributed by atoms with Crippen molar-refractivity contribution in [3.05, 3.63) is 18.2 Å². The minimum Gasteiger partial charge on any atom is -0.481 e. The standard InChI is InChI=1S/C12H14N2O3/c1-3-14-10-5-4-9(13-8(2)15)6-11(10)17-7-12(14)16/h4-6H,3,7H2,1-2H3,(H,13,15). The SMILES string of the molecule is CCN1C(=O)COc2cc(NC(C)=O)ccc21. The van der Waals surface area contributed by atoms with Gasteiger partial charge in [-0.1, -0.05) is 0 Å². The van der Waals surface area contributed by atoms with Crippen molar-refractivity contribution in [2.75, 3.05) is 23.4 Å². The van der Waals surface area contributed by atoms with Crippen molar-refractivity contribution in [3.8, 4) is 5.75 Å². The predicted octanol–water partition coefficient (Wildman–Crippen LogP) is 1.39. The fourth-order valence-corrected chi connectivity index (χ4v) is 1.83. The van der Waals surface area contributed by atoms with Gasteiger partial charge < -0.3 is 15.0 Å². The lowest BCUT2D eigenvalue weighted by molar-refractivity contribution is -0.121. The highest BCUT2D eigenvalue weighted by Gasteiger charge is 2.24. The third kappa shape index (κ3) is 2.22. The maximum Gasteiger partial charge on any atom is 0.265 e. The molecule has 0 aliphatic carbocycles. The summed E-state index contributed by atoms with van der Waals surface area (Å²) < 4.78 is 5.35. The zero-order valence-electron chi connectivity index (χ0n) is 9.82. The Morgan fingerprint density at radius 1 is 1.53 bits per heavy atom. The van der Waals surface area contributed by atoms with Gasteiger partial charge in [-0.05, 0) is 19.1 Å². The molecule has 0 fully saturated rings. The number of nitrogens with zero attached hydrogens (tertiary/aromatic N) is 1. The zero-order valence-corrected chi connectivity index (χ0v) is 9.82. The molecular weight excluding hydrogens is 220 g/mol. The van der Waals surface area contributed by atoms with E-state index in [0.29, 0.717) is 18.0 Å². The van der Waals surface area contributed by atoms with Gasteiger partial charge in [-0.3, -0.25) is 9.59 Å². The summed E-state index contributed by atoms with van der Waals surface area (Å²) in [6.45, 7) is 4.01. The van der Waals surface area contributed by atoms with E-state index in [4.69, 9.17) is 4.74 Å². The summed E-state index contributed by atoms with van der Waals surface area (Å²) in [7, 11) is 0. The lowest BCUT2D eigenvalue weighted by atomic mass is 10.2. The molecule has 0 spiro atoms. The van der Waals surface area contributed by atoms with Crippen molar-refractivity contribution in [2.45, 2.75) is 13.8 Å². The van der Waals surface area contributed by atoms with Crippen molar-refractivity contribution in [1.82, 2.24) is 0 Å². The van der Waals surface area contributed by atoms with Gasteiger partial charge in [-0.25, -0.2) is 0 Å². The number of fused-ring (bicyclic) bond motifs is 1. The molecule has 0 saturated carbocycles. The molecule has 1 heterocycles. The smallest absolute Gasteiger partial charge is 0.265 e. The quantitative estimate of drug-likeness (QED) is 0.841. The average molecular weight is 234 g/mol. The second kappa shape index (κ2) is 4.45. The number of carbonyl (C=O) groups excluding carboxylic acids is 2. The molecule has 0 saturated heterocycles. The van der Waals surface area contributed by atoms with Gasteiger partial charge in [0, 0.05) is 25.2 Å². The van der Waals surface area contributed by atoms with Gasteiger partial charge in [0.05, 0.1) is 5.69 Å². The van der Waals surface area contributed by atoms with E-state index in [9.17, 15) is 9.59 Å². The Labute approximate surface area is 99.4 Å². The van der Waals surface area contributed by atoms with Crippen molar-refractivity contribution in [1.29, 1.82) is 0 Å². The van der Waals surface area contributed by atoms with Crippen LogP contribution in [0.4, 0.5) is 11.4 Å². The average Bonchev–Trinajstić information content (AvgIpc) is 2.28. The minimum atomic E-state index is -0.135. The number of rotatable bonds is 2. The van der Waals surface area contributed by atoms with E-state index in [1.54, 1.807) is 23.1 Å². The fourth-order valence-electron chi connectivity index (χ4n) is 1.83. The number of amides is 2. The summed E-state index contributed by atoms with van der Waals surface area (Å²) in [5.41, 5.74) is 1.42. The normalized spacial score (nSPS) is 14.0. The van der Waals surface area contributed by atoms with Gasteiger partial charge >= 0.3 is 0 Å². The number of anilines is 2. The molecule has 0 unspecified atom stereocenters. The Morgan fingerprint density at radius 2 is 2.29 bits per heavy atom. The maximum atomic E-state index is 11.6. The molecular formula is C12H14N2O3. The summed E-state index contributed by atoms with van der Waals surface area (Å²) in [6.07, 6.45) is 0. The number of hydrogen-bond acceptors (Lipinski definition) is 3. The van der Waals surface area contributed by atoms with Crippen molar-refractivity contribution < 1.29 is 14.3 Å². The molecule has 0 aromatic heterocycles. The maximum absolute atomic E-state index is 11.6. The first-order chi connectivity index (χ1) is 8.11. The van der Waals surface area contributed by atoms with E-state index in [0.717, 1.165) is 5.69 Å². The highest BCUT2D eigenvalue weighted by atomic mass is 16.5. The van der Waals surface area contributed by atoms with Crippen LogP contribution < -0.4 is 15.0 Å². The van der Waals surface area contributed by atoms with Gasteiger partial charge in [0.1, 0.15) is 5.75 Å². The van der Waals surface area contributed by atoms with Crippen LogP contribution in [0.1, 0.15) is 13.8 Å². The first-order valence-corrected chi connectivity index (χ1v) is 5.46. The van der Waals surface area contributed by atoms with Crippen molar-refractivity contribution >= 4 is 23.2 Å². The van der Waals surface area contributed by atoms with Crippen LogP contribution in [-0.4, -0.2) is 25.0 Å². The highest BCUT2D eigenvalue weighted by molar-refractivity contribution is 5.98. The molecule has 5 nitrogen and oxygen atoms in total. The summed E-state index contributed by atoms with van der Waals surface area (Å²) in [5, 5.41) is 2.68. The largest absolute Gasteiger partial charge is 0.481 e. The second-order valence-electron chi connectivity index (χ2n) is 3.79. The van der Waals surface area contributed by atoms with E-state index in [1.165, 1.54) is 6.92 Å². The van der Waals surface area contributed by atoms with E-state index in [-0.39, 0.29) is 18.4 Å². The van der Waals surface area contributed by atoms with Crippen LogP contribution in [0.2, 0.25) is 0 Å². The molecule has 1 aromatic carbocycles. The minimum absolute atomic E-state index is 0.0460. The molecule has 2 rings (SSSR count). The summed E-state index contributed by atoms with van der Waals surface area (Å²) in [4.78, 5) is 24.2. The zero-order chi connectivity index (χ0) is 12.4. The Balaban J connectivity index is 2.34. The third-order valence-electron chi connectivity index (χ3n) is 2.54. The van der Waals surface area contributed by atoms with E-state index in [2.05, 4.69) is 5.32 Å². The van der Waals surface area contributed by atoms with Gasteiger partial charge in [0.2, 0.25) is 5.91 Å². The molecule has 0 atom stereocenters. The molecule has 1 N–H and O–H groups in total. The van der Waals surface area contributed by atoms with Crippen LogP contribution in [0.5, 0.6) is 5.75 Å². The van der Waals surface area contributed by atoms with Gasteiger partial charge in [-0.15, -0.1) is 0 Å². The molecule has 5 heteroatoms. The first kappa shape index (κ1) is 11.4. The predicted molar refractivity (Wildman–Crippen MR) is 64.3 cm³/mol. The Kier molecular flexibility index (Phi) is 2.99. The Bertz CT molecular complexity index is 471. The van der Waals surface area contributed by atoms with Crippen LogP contribution in [0.25, 0.3) is 0 Å². The Morgan fingerprint density at radius 3 is 2.94 bits per heavy atom. The molecule has 0 radical (unpaired) electrons. The molecule has 17 heavy (non-hydrogen) atoms. The van der Waals surface area contributed by atoms with E-state index >= 15 is 0 Å². The highest BCUT2D eigenvalue weighted by Crippen LogP contribution is 2.34. The lowest BCUT2D eigenvalue weighted by Gasteiger charge is -2.28. The third-order valence-corrected chi connectivity index (χ3v) is 2.54. The molecule has 1 aromatic rings. The van der Waals surface area contributed by atoms with Crippen LogP contribution in [0.15, 0.2) is 18.2 Å². The fraction of sp³-hybridized carbons (Fsp3) is 0.333. The first-order valence-electron chi connectivity index (χ1n) is 5.46. The number of nitrogens with one attached hydrogen (secondary N) is 1. The number of likely N-dealkylation sites (N-methyl/N-ethyl adjacent to an activating group) is 1. The summed E-state index contributed by atoms with van der Waals surface area (Å²) in [6, 6.07) is 5.26. The monoisotopic (exact) mass is 234 g/mol. The van der Waals surface area contributed by atoms with Crippen molar-refractivity contribution in [3.63, 3.8) is 0 Å². The molecule has 1 aliphatic heterocycles. The topological polar surface area (TPSA) is 58.6 Å².